The second-order valence-corrected chi connectivity index (χ2v) is 3.99. The van der Waals surface area contributed by atoms with E-state index in [4.69, 9.17) is 4.74 Å². The Balaban J connectivity index is 2.04. The number of nitrogens with zero attached hydrogens (tertiary/aromatic N) is 2. The molecule has 0 aliphatic rings. The quantitative estimate of drug-likeness (QED) is 0.871. The number of hydrogen-bond acceptors (Lipinski definition) is 5. The van der Waals surface area contributed by atoms with Gasteiger partial charge in [-0.25, -0.2) is 0 Å². The van der Waals surface area contributed by atoms with Crippen LogP contribution in [0.1, 0.15) is 17.4 Å². The van der Waals surface area contributed by atoms with Crippen LogP contribution in [0.4, 0.5) is 5.69 Å². The van der Waals surface area contributed by atoms with E-state index < -0.39 is 0 Å². The monoisotopic (exact) mass is 272 g/mol. The maximum absolute atomic E-state index is 11.5. The lowest BCUT2D eigenvalue weighted by Gasteiger charge is -2.06. The van der Waals surface area contributed by atoms with E-state index in [-0.39, 0.29) is 11.6 Å². The van der Waals surface area contributed by atoms with E-state index in [0.717, 1.165) is 5.69 Å². The van der Waals surface area contributed by atoms with Crippen molar-refractivity contribution in [2.75, 3.05) is 18.9 Å². The third kappa shape index (κ3) is 3.44. The lowest BCUT2D eigenvalue weighted by molar-refractivity contribution is 0.0949. The first-order chi connectivity index (χ1) is 9.72. The van der Waals surface area contributed by atoms with Gasteiger partial charge in [-0.05, 0) is 37.3 Å². The Kier molecular flexibility index (Phi) is 4.49. The van der Waals surface area contributed by atoms with Gasteiger partial charge >= 0.3 is 0 Å². The molecular weight excluding hydrogens is 256 g/mol. The minimum absolute atomic E-state index is 0.245. The molecule has 6 heteroatoms. The first kappa shape index (κ1) is 13.8. The van der Waals surface area contributed by atoms with Gasteiger partial charge in [-0.2, -0.15) is 0 Å². The van der Waals surface area contributed by atoms with E-state index in [2.05, 4.69) is 20.8 Å². The molecule has 0 saturated carbocycles. The van der Waals surface area contributed by atoms with Crippen molar-refractivity contribution in [1.29, 1.82) is 0 Å². The molecule has 0 spiro atoms. The highest BCUT2D eigenvalue weighted by Gasteiger charge is 2.07. The number of anilines is 1. The van der Waals surface area contributed by atoms with Crippen molar-refractivity contribution in [2.45, 2.75) is 6.92 Å². The van der Waals surface area contributed by atoms with E-state index >= 15 is 0 Å². The largest absolute Gasteiger partial charge is 0.438 e. The van der Waals surface area contributed by atoms with Crippen molar-refractivity contribution in [3.63, 3.8) is 0 Å². The van der Waals surface area contributed by atoms with Crippen LogP contribution < -0.4 is 15.4 Å². The SMILES string of the molecule is CCNC(=O)c1ccc(Oc2ccc(NC)cc2)nn1. The number of aromatic nitrogens is 2. The molecule has 2 aromatic rings. The lowest BCUT2D eigenvalue weighted by atomic mass is 10.3. The zero-order valence-corrected chi connectivity index (χ0v) is 11.4. The predicted molar refractivity (Wildman–Crippen MR) is 76.1 cm³/mol. The van der Waals surface area contributed by atoms with Crippen molar-refractivity contribution in [1.82, 2.24) is 15.5 Å². The minimum atomic E-state index is -0.245. The molecule has 1 aromatic heterocycles. The number of amides is 1. The molecule has 1 amide bonds. The molecule has 0 saturated heterocycles. The third-order valence-electron chi connectivity index (χ3n) is 2.58. The molecule has 0 atom stereocenters. The number of rotatable bonds is 5. The summed E-state index contributed by atoms with van der Waals surface area (Å²) < 4.78 is 5.54. The molecule has 0 bridgehead atoms. The number of benzene rings is 1. The lowest BCUT2D eigenvalue weighted by Crippen LogP contribution is -2.23. The Morgan fingerprint density at radius 1 is 1.15 bits per heavy atom. The Morgan fingerprint density at radius 2 is 1.90 bits per heavy atom. The highest BCUT2D eigenvalue weighted by Crippen LogP contribution is 2.20. The standard InChI is InChI=1S/C14H16N4O2/c1-3-16-14(19)12-8-9-13(18-17-12)20-11-6-4-10(15-2)5-7-11/h4-9,15H,3H2,1-2H3,(H,16,19). The van der Waals surface area contributed by atoms with Crippen LogP contribution in [-0.2, 0) is 0 Å². The van der Waals surface area contributed by atoms with E-state index in [1.807, 2.05) is 38.2 Å². The normalized spacial score (nSPS) is 9.90. The molecule has 0 radical (unpaired) electrons. The van der Waals surface area contributed by atoms with E-state index in [9.17, 15) is 4.79 Å². The zero-order chi connectivity index (χ0) is 14.4. The van der Waals surface area contributed by atoms with E-state index in [0.29, 0.717) is 18.2 Å². The summed E-state index contributed by atoms with van der Waals surface area (Å²) in [6.45, 7) is 2.40. The van der Waals surface area contributed by atoms with Crippen molar-refractivity contribution in [2.24, 2.45) is 0 Å². The Labute approximate surface area is 117 Å². The van der Waals surface area contributed by atoms with Gasteiger partial charge in [0, 0.05) is 25.3 Å². The molecule has 2 rings (SSSR count). The van der Waals surface area contributed by atoms with Crippen LogP contribution >= 0.6 is 0 Å². The molecule has 6 nitrogen and oxygen atoms in total. The van der Waals surface area contributed by atoms with Crippen molar-refractivity contribution < 1.29 is 9.53 Å². The summed E-state index contributed by atoms with van der Waals surface area (Å²) in [5.74, 6) is 0.754. The zero-order valence-electron chi connectivity index (χ0n) is 11.4. The first-order valence-electron chi connectivity index (χ1n) is 6.30. The Morgan fingerprint density at radius 3 is 2.45 bits per heavy atom. The summed E-state index contributed by atoms with van der Waals surface area (Å²) in [4.78, 5) is 11.5. The molecule has 0 unspecified atom stereocenters. The van der Waals surface area contributed by atoms with Gasteiger partial charge in [0.25, 0.3) is 5.91 Å². The van der Waals surface area contributed by atoms with Gasteiger partial charge in [0.05, 0.1) is 0 Å². The Bertz CT molecular complexity index is 567. The molecule has 1 heterocycles. The fourth-order valence-corrected chi connectivity index (χ4v) is 1.56. The van der Waals surface area contributed by atoms with Crippen LogP contribution in [-0.4, -0.2) is 29.7 Å². The number of nitrogens with one attached hydrogen (secondary N) is 2. The average Bonchev–Trinajstić information content (AvgIpc) is 2.49. The van der Waals surface area contributed by atoms with Crippen LogP contribution in [0, 0.1) is 0 Å². The molecule has 20 heavy (non-hydrogen) atoms. The second-order valence-electron chi connectivity index (χ2n) is 3.99. The van der Waals surface area contributed by atoms with Crippen LogP contribution in [0.15, 0.2) is 36.4 Å². The molecule has 104 valence electrons. The van der Waals surface area contributed by atoms with Gasteiger partial charge in [0.1, 0.15) is 5.75 Å². The van der Waals surface area contributed by atoms with Gasteiger partial charge in [-0.3, -0.25) is 4.79 Å². The number of carbonyl (C=O) groups is 1. The summed E-state index contributed by atoms with van der Waals surface area (Å²) >= 11 is 0. The smallest absolute Gasteiger partial charge is 0.271 e. The van der Waals surface area contributed by atoms with Crippen molar-refractivity contribution in [3.05, 3.63) is 42.1 Å². The maximum Gasteiger partial charge on any atom is 0.271 e. The summed E-state index contributed by atoms with van der Waals surface area (Å²) in [6.07, 6.45) is 0. The van der Waals surface area contributed by atoms with Gasteiger partial charge < -0.3 is 15.4 Å². The fourth-order valence-electron chi connectivity index (χ4n) is 1.56. The topological polar surface area (TPSA) is 76.1 Å². The van der Waals surface area contributed by atoms with Gasteiger partial charge in [-0.1, -0.05) is 0 Å². The number of ether oxygens (including phenoxy) is 1. The summed E-state index contributed by atoms with van der Waals surface area (Å²) in [6, 6.07) is 10.6. The highest BCUT2D eigenvalue weighted by molar-refractivity contribution is 5.91. The number of hydrogen-bond donors (Lipinski definition) is 2. The van der Waals surface area contributed by atoms with Gasteiger partial charge in [0.2, 0.25) is 5.88 Å². The van der Waals surface area contributed by atoms with Crippen LogP contribution in [0.2, 0.25) is 0 Å². The summed E-state index contributed by atoms with van der Waals surface area (Å²) in [7, 11) is 1.85. The molecule has 0 aliphatic carbocycles. The summed E-state index contributed by atoms with van der Waals surface area (Å²) in [5, 5.41) is 13.4. The minimum Gasteiger partial charge on any atom is -0.438 e. The number of carbonyl (C=O) groups excluding carboxylic acids is 1. The maximum atomic E-state index is 11.5. The van der Waals surface area contributed by atoms with Crippen LogP contribution in [0.3, 0.4) is 0 Å². The average molecular weight is 272 g/mol. The van der Waals surface area contributed by atoms with E-state index in [1.165, 1.54) is 0 Å². The second kappa shape index (κ2) is 6.51. The van der Waals surface area contributed by atoms with Crippen LogP contribution in [0.5, 0.6) is 11.6 Å². The van der Waals surface area contributed by atoms with Gasteiger partial charge in [0.15, 0.2) is 5.69 Å². The van der Waals surface area contributed by atoms with Crippen molar-refractivity contribution >= 4 is 11.6 Å². The molecule has 1 aromatic carbocycles. The fraction of sp³-hybridized carbons (Fsp3) is 0.214. The molecular formula is C14H16N4O2. The Hall–Kier alpha value is -2.63. The highest BCUT2D eigenvalue weighted by atomic mass is 16.5. The van der Waals surface area contributed by atoms with Gasteiger partial charge in [-0.15, -0.1) is 10.2 Å². The molecule has 2 N–H and O–H groups in total. The molecule has 0 aliphatic heterocycles. The van der Waals surface area contributed by atoms with Crippen molar-refractivity contribution in [3.8, 4) is 11.6 Å². The summed E-state index contributed by atoms with van der Waals surface area (Å²) in [5.41, 5.74) is 1.26. The predicted octanol–water partition coefficient (Wildman–Crippen LogP) is 2.06. The van der Waals surface area contributed by atoms with Crippen LogP contribution in [0.25, 0.3) is 0 Å². The first-order valence-corrected chi connectivity index (χ1v) is 6.30. The third-order valence-corrected chi connectivity index (χ3v) is 2.58. The van der Waals surface area contributed by atoms with E-state index in [1.54, 1.807) is 12.1 Å². The molecule has 0 fully saturated rings.